The first kappa shape index (κ1) is 17.0. The van der Waals surface area contributed by atoms with Crippen molar-refractivity contribution in [1.82, 2.24) is 0 Å². The van der Waals surface area contributed by atoms with Crippen LogP contribution in [0.1, 0.15) is 30.0 Å². The van der Waals surface area contributed by atoms with E-state index in [0.717, 1.165) is 25.2 Å². The Bertz CT molecular complexity index is 690. The van der Waals surface area contributed by atoms with Gasteiger partial charge in [0.15, 0.2) is 11.5 Å². The van der Waals surface area contributed by atoms with Gasteiger partial charge in [0.2, 0.25) is 5.82 Å². The number of fused-ring (bicyclic) bond motifs is 2. The first-order valence-electron chi connectivity index (χ1n) is 7.82. The van der Waals surface area contributed by atoms with Crippen LogP contribution < -0.4 is 10.5 Å². The fraction of sp³-hybridized carbons (Fsp3) is 0.316. The van der Waals surface area contributed by atoms with E-state index in [-0.39, 0.29) is 5.82 Å². The Morgan fingerprint density at radius 3 is 2.30 bits per heavy atom. The van der Waals surface area contributed by atoms with Gasteiger partial charge in [-0.05, 0) is 49.1 Å². The standard InChI is InChI=1S/C13H20N2.C6H3FO/c1-4-7-15-13(14)9-12-6-5-10(2)11(3)8-12;7-6-4-2-1-3-5(6)8-4/h5-6,8H,4,7,9H2,1-3H3,(H2,14,15);1-3H. The summed E-state index contributed by atoms with van der Waals surface area (Å²) in [5.41, 5.74) is 9.71. The van der Waals surface area contributed by atoms with Crippen LogP contribution in [-0.4, -0.2) is 12.4 Å². The molecule has 122 valence electrons. The normalized spacial score (nSPS) is 11.9. The highest BCUT2D eigenvalue weighted by molar-refractivity contribution is 5.82. The lowest BCUT2D eigenvalue weighted by Gasteiger charge is -2.16. The summed E-state index contributed by atoms with van der Waals surface area (Å²) in [5, 5.41) is 0. The van der Waals surface area contributed by atoms with Crippen LogP contribution in [0, 0.1) is 19.7 Å². The zero-order valence-electron chi connectivity index (χ0n) is 13.9. The van der Waals surface area contributed by atoms with Gasteiger partial charge in [-0.25, -0.2) is 0 Å². The van der Waals surface area contributed by atoms with E-state index < -0.39 is 0 Å². The third kappa shape index (κ3) is 4.55. The molecule has 2 aliphatic heterocycles. The van der Waals surface area contributed by atoms with E-state index in [4.69, 9.17) is 10.5 Å². The molecule has 2 heterocycles. The Hall–Kier alpha value is -2.36. The van der Waals surface area contributed by atoms with Gasteiger partial charge >= 0.3 is 0 Å². The average Bonchev–Trinajstić information content (AvgIpc) is 2.57. The van der Waals surface area contributed by atoms with Crippen molar-refractivity contribution in [3.8, 4) is 11.5 Å². The Balaban J connectivity index is 0.000000198. The number of nitrogens with two attached hydrogens (primary N) is 1. The van der Waals surface area contributed by atoms with Gasteiger partial charge < -0.3 is 10.5 Å². The predicted molar refractivity (Wildman–Crippen MR) is 92.9 cm³/mol. The number of rotatable bonds is 4. The number of aryl methyl sites for hydroxylation is 2. The van der Waals surface area contributed by atoms with Gasteiger partial charge in [-0.15, -0.1) is 0 Å². The van der Waals surface area contributed by atoms with Gasteiger partial charge in [0, 0.05) is 13.0 Å². The van der Waals surface area contributed by atoms with E-state index in [2.05, 4.69) is 44.0 Å². The summed E-state index contributed by atoms with van der Waals surface area (Å²) < 4.78 is 17.0. The molecule has 0 aliphatic carbocycles. The average molecular weight is 314 g/mol. The van der Waals surface area contributed by atoms with Crippen LogP contribution in [0.2, 0.25) is 0 Å². The summed E-state index contributed by atoms with van der Waals surface area (Å²) in [6.45, 7) is 7.18. The molecule has 2 aliphatic rings. The topological polar surface area (TPSA) is 47.6 Å². The van der Waals surface area contributed by atoms with Gasteiger partial charge in [-0.3, -0.25) is 4.99 Å². The minimum Gasteiger partial charge on any atom is -0.451 e. The molecule has 0 spiro atoms. The van der Waals surface area contributed by atoms with Crippen molar-refractivity contribution < 1.29 is 9.13 Å². The predicted octanol–water partition coefficient (Wildman–Crippen LogP) is 4.54. The number of benzene rings is 2. The minimum atomic E-state index is -0.215. The summed E-state index contributed by atoms with van der Waals surface area (Å²) in [5.74, 6) is 1.25. The number of halogens is 1. The lowest BCUT2D eigenvalue weighted by Crippen LogP contribution is -2.15. The first-order valence-corrected chi connectivity index (χ1v) is 7.82. The van der Waals surface area contributed by atoms with E-state index in [0.29, 0.717) is 11.5 Å². The van der Waals surface area contributed by atoms with Crippen molar-refractivity contribution in [2.45, 2.75) is 33.6 Å². The fourth-order valence-electron chi connectivity index (χ4n) is 2.15. The first-order chi connectivity index (χ1) is 11.0. The molecule has 0 aromatic heterocycles. The number of hydrogen-bond acceptors (Lipinski definition) is 2. The Labute approximate surface area is 137 Å². The maximum absolute atomic E-state index is 12.3. The quantitative estimate of drug-likeness (QED) is 0.567. The van der Waals surface area contributed by atoms with Gasteiger partial charge in [0.05, 0.1) is 5.84 Å². The second-order valence-corrected chi connectivity index (χ2v) is 5.64. The van der Waals surface area contributed by atoms with Gasteiger partial charge in [0.25, 0.3) is 0 Å². The maximum atomic E-state index is 12.3. The molecule has 3 nitrogen and oxygen atoms in total. The van der Waals surface area contributed by atoms with Crippen molar-refractivity contribution in [1.29, 1.82) is 0 Å². The molecule has 2 aromatic rings. The molecule has 23 heavy (non-hydrogen) atoms. The van der Waals surface area contributed by atoms with Crippen molar-refractivity contribution in [3.63, 3.8) is 0 Å². The Morgan fingerprint density at radius 2 is 1.83 bits per heavy atom. The Morgan fingerprint density at radius 1 is 1.13 bits per heavy atom. The lowest BCUT2D eigenvalue weighted by atomic mass is 10.0. The lowest BCUT2D eigenvalue weighted by molar-refractivity contribution is 0.350. The van der Waals surface area contributed by atoms with E-state index in [9.17, 15) is 4.39 Å². The van der Waals surface area contributed by atoms with Crippen LogP contribution in [-0.2, 0) is 6.42 Å². The number of amidine groups is 1. The van der Waals surface area contributed by atoms with Gasteiger partial charge in [-0.1, -0.05) is 31.2 Å². The van der Waals surface area contributed by atoms with Gasteiger partial charge in [0.1, 0.15) is 0 Å². The molecule has 2 bridgehead atoms. The zero-order valence-corrected chi connectivity index (χ0v) is 13.9. The molecule has 2 N–H and O–H groups in total. The molecular weight excluding hydrogens is 291 g/mol. The van der Waals surface area contributed by atoms with Crippen LogP contribution >= 0.6 is 0 Å². The maximum Gasteiger partial charge on any atom is 0.208 e. The summed E-state index contributed by atoms with van der Waals surface area (Å²) in [4.78, 5) is 4.28. The molecule has 0 unspecified atom stereocenters. The monoisotopic (exact) mass is 314 g/mol. The molecule has 0 amide bonds. The summed E-state index contributed by atoms with van der Waals surface area (Å²) in [7, 11) is 0. The molecule has 0 radical (unpaired) electrons. The van der Waals surface area contributed by atoms with Crippen LogP contribution in [0.5, 0.6) is 11.5 Å². The third-order valence-corrected chi connectivity index (χ3v) is 3.64. The molecule has 4 heteroatoms. The highest BCUT2D eigenvalue weighted by atomic mass is 19.1. The second-order valence-electron chi connectivity index (χ2n) is 5.64. The van der Waals surface area contributed by atoms with Crippen LogP contribution in [0.15, 0.2) is 41.4 Å². The van der Waals surface area contributed by atoms with Crippen molar-refractivity contribution >= 4 is 5.84 Å². The second kappa shape index (κ2) is 7.77. The molecule has 0 saturated carbocycles. The Kier molecular flexibility index (Phi) is 5.74. The van der Waals surface area contributed by atoms with Crippen LogP contribution in [0.25, 0.3) is 0 Å². The van der Waals surface area contributed by atoms with Crippen LogP contribution in [0.4, 0.5) is 4.39 Å². The SMILES string of the molecule is CCCN=C(N)Cc1ccc(C)c(C)c1.Fc1c2cccc1O2. The van der Waals surface area contributed by atoms with E-state index >= 15 is 0 Å². The number of ether oxygens (including phenoxy) is 1. The van der Waals surface area contributed by atoms with Crippen molar-refractivity contribution in [2.24, 2.45) is 10.7 Å². The number of nitrogens with zero attached hydrogens (tertiary/aromatic N) is 1. The summed E-state index contributed by atoms with van der Waals surface area (Å²) >= 11 is 0. The van der Waals surface area contributed by atoms with Crippen molar-refractivity contribution in [3.05, 3.63) is 58.9 Å². The van der Waals surface area contributed by atoms with E-state index in [1.807, 2.05) is 0 Å². The molecule has 2 aromatic carbocycles. The fourth-order valence-corrected chi connectivity index (χ4v) is 2.15. The number of hydrogen-bond donors (Lipinski definition) is 1. The molecule has 4 rings (SSSR count). The molecule has 0 fully saturated rings. The molecular formula is C19H23FN2O. The van der Waals surface area contributed by atoms with E-state index in [1.54, 1.807) is 18.2 Å². The highest BCUT2D eigenvalue weighted by Gasteiger charge is 2.19. The minimum absolute atomic E-state index is 0.215. The zero-order chi connectivity index (χ0) is 16.8. The highest BCUT2D eigenvalue weighted by Crippen LogP contribution is 2.39. The number of aliphatic imine (C=N–C) groups is 1. The summed E-state index contributed by atoms with van der Waals surface area (Å²) in [6, 6.07) is 11.4. The van der Waals surface area contributed by atoms with Crippen molar-refractivity contribution in [2.75, 3.05) is 6.54 Å². The summed E-state index contributed by atoms with van der Waals surface area (Å²) in [6.07, 6.45) is 1.81. The van der Waals surface area contributed by atoms with E-state index in [1.165, 1.54) is 16.7 Å². The smallest absolute Gasteiger partial charge is 0.208 e. The molecule has 0 saturated heterocycles. The third-order valence-electron chi connectivity index (χ3n) is 3.64. The largest absolute Gasteiger partial charge is 0.451 e. The van der Waals surface area contributed by atoms with Gasteiger partial charge in [-0.2, -0.15) is 4.39 Å². The molecule has 0 atom stereocenters. The van der Waals surface area contributed by atoms with Crippen LogP contribution in [0.3, 0.4) is 0 Å².